The zero-order valence-electron chi connectivity index (χ0n) is 12.5. The Hall–Kier alpha value is -1.11. The molecule has 2 N–H and O–H groups in total. The molecule has 0 heterocycles. The highest BCUT2D eigenvalue weighted by Gasteiger charge is 2.15. The van der Waals surface area contributed by atoms with Gasteiger partial charge in [-0.15, -0.1) is 0 Å². The predicted molar refractivity (Wildman–Crippen MR) is 81.5 cm³/mol. The Balaban J connectivity index is 2.56. The molecule has 0 bridgehead atoms. The van der Waals surface area contributed by atoms with Gasteiger partial charge in [0.15, 0.2) is 0 Å². The number of methoxy groups -OCH3 is 1. The van der Waals surface area contributed by atoms with Gasteiger partial charge in [0.1, 0.15) is 5.75 Å². The molecule has 1 aromatic carbocycles. The first-order valence-corrected chi connectivity index (χ1v) is 8.36. The quantitative estimate of drug-likeness (QED) is 0.766. The van der Waals surface area contributed by atoms with E-state index in [4.69, 9.17) is 4.74 Å². The van der Waals surface area contributed by atoms with Crippen LogP contribution < -0.4 is 14.8 Å². The number of hydrogen-bond donors (Lipinski definition) is 2. The van der Waals surface area contributed by atoms with E-state index in [9.17, 15) is 8.42 Å². The smallest absolute Gasteiger partial charge is 0.213 e. The van der Waals surface area contributed by atoms with E-state index in [0.29, 0.717) is 6.54 Å². The van der Waals surface area contributed by atoms with Crippen LogP contribution in [0.4, 0.5) is 0 Å². The second-order valence-electron chi connectivity index (χ2n) is 5.04. The fourth-order valence-electron chi connectivity index (χ4n) is 1.77. The van der Waals surface area contributed by atoms with Crippen molar-refractivity contribution in [2.24, 2.45) is 0 Å². The van der Waals surface area contributed by atoms with E-state index in [1.807, 2.05) is 45.0 Å². The Kier molecular flexibility index (Phi) is 6.45. The Morgan fingerprint density at radius 1 is 1.15 bits per heavy atom. The lowest BCUT2D eigenvalue weighted by molar-refractivity contribution is 0.414. The van der Waals surface area contributed by atoms with Crippen LogP contribution in [0.1, 0.15) is 32.4 Å². The van der Waals surface area contributed by atoms with Crippen molar-refractivity contribution < 1.29 is 13.2 Å². The largest absolute Gasteiger partial charge is 0.497 e. The summed E-state index contributed by atoms with van der Waals surface area (Å²) in [4.78, 5) is 0. The van der Waals surface area contributed by atoms with Crippen molar-refractivity contribution in [2.45, 2.75) is 32.9 Å². The van der Waals surface area contributed by atoms with Crippen molar-refractivity contribution in [3.8, 4) is 5.75 Å². The standard InChI is InChI=1S/C14H24N2O3S/c1-11(2)15-9-10-20(17,18)16-12(3)13-5-7-14(19-4)8-6-13/h5-8,11-12,15-16H,9-10H2,1-4H3. The molecular weight excluding hydrogens is 276 g/mol. The van der Waals surface area contributed by atoms with E-state index in [1.54, 1.807) is 7.11 Å². The summed E-state index contributed by atoms with van der Waals surface area (Å²) in [7, 11) is -1.68. The first-order valence-electron chi connectivity index (χ1n) is 6.71. The van der Waals surface area contributed by atoms with Gasteiger partial charge in [0.25, 0.3) is 0 Å². The molecule has 1 rings (SSSR count). The Morgan fingerprint density at radius 3 is 2.25 bits per heavy atom. The summed E-state index contributed by atoms with van der Waals surface area (Å²) in [5.41, 5.74) is 0.909. The maximum absolute atomic E-state index is 11.9. The van der Waals surface area contributed by atoms with Crippen LogP contribution in [0.15, 0.2) is 24.3 Å². The van der Waals surface area contributed by atoms with Gasteiger partial charge in [0.05, 0.1) is 12.9 Å². The highest BCUT2D eigenvalue weighted by Crippen LogP contribution is 2.17. The van der Waals surface area contributed by atoms with Crippen molar-refractivity contribution in [3.63, 3.8) is 0 Å². The molecule has 5 nitrogen and oxygen atoms in total. The van der Waals surface area contributed by atoms with Gasteiger partial charge in [-0.1, -0.05) is 26.0 Å². The summed E-state index contributed by atoms with van der Waals surface area (Å²) in [5.74, 6) is 0.830. The molecule has 1 aromatic rings. The molecule has 0 spiro atoms. The predicted octanol–water partition coefficient (Wildman–Crippen LogP) is 1.67. The van der Waals surface area contributed by atoms with Gasteiger partial charge in [0.2, 0.25) is 10.0 Å². The third-order valence-electron chi connectivity index (χ3n) is 2.90. The fraction of sp³-hybridized carbons (Fsp3) is 0.571. The molecule has 1 atom stereocenters. The van der Waals surface area contributed by atoms with Gasteiger partial charge in [-0.3, -0.25) is 0 Å². The van der Waals surface area contributed by atoms with Crippen LogP contribution in [-0.2, 0) is 10.0 Å². The zero-order valence-corrected chi connectivity index (χ0v) is 13.3. The van der Waals surface area contributed by atoms with Gasteiger partial charge in [-0.2, -0.15) is 0 Å². The van der Waals surface area contributed by atoms with E-state index in [-0.39, 0.29) is 17.8 Å². The highest BCUT2D eigenvalue weighted by molar-refractivity contribution is 7.89. The minimum Gasteiger partial charge on any atom is -0.497 e. The lowest BCUT2D eigenvalue weighted by atomic mass is 10.1. The second kappa shape index (κ2) is 7.61. The average molecular weight is 300 g/mol. The Labute approximate surface area is 121 Å². The van der Waals surface area contributed by atoms with Crippen molar-refractivity contribution in [2.75, 3.05) is 19.4 Å². The first kappa shape index (κ1) is 16.9. The number of nitrogens with one attached hydrogen (secondary N) is 2. The monoisotopic (exact) mass is 300 g/mol. The van der Waals surface area contributed by atoms with E-state index in [2.05, 4.69) is 10.0 Å². The van der Waals surface area contributed by atoms with E-state index < -0.39 is 10.0 Å². The van der Waals surface area contributed by atoms with Crippen LogP contribution in [0.2, 0.25) is 0 Å². The summed E-state index contributed by atoms with van der Waals surface area (Å²) in [5, 5.41) is 3.09. The second-order valence-corrected chi connectivity index (χ2v) is 6.91. The summed E-state index contributed by atoms with van der Waals surface area (Å²) in [6.07, 6.45) is 0. The Morgan fingerprint density at radius 2 is 1.75 bits per heavy atom. The molecule has 20 heavy (non-hydrogen) atoms. The minimum atomic E-state index is -3.28. The summed E-state index contributed by atoms with van der Waals surface area (Å²) < 4.78 is 31.6. The summed E-state index contributed by atoms with van der Waals surface area (Å²) in [6.45, 7) is 6.25. The maximum Gasteiger partial charge on any atom is 0.213 e. The van der Waals surface area contributed by atoms with Gasteiger partial charge in [0, 0.05) is 18.6 Å². The number of benzene rings is 1. The van der Waals surface area contributed by atoms with Gasteiger partial charge in [-0.05, 0) is 24.6 Å². The first-order chi connectivity index (χ1) is 9.34. The highest BCUT2D eigenvalue weighted by atomic mass is 32.2. The summed E-state index contributed by atoms with van der Waals surface area (Å²) >= 11 is 0. The molecule has 0 saturated carbocycles. The molecule has 0 amide bonds. The van der Waals surface area contributed by atoms with Crippen molar-refractivity contribution in [1.82, 2.24) is 10.0 Å². The van der Waals surface area contributed by atoms with Crippen LogP contribution in [0.25, 0.3) is 0 Å². The number of rotatable bonds is 8. The minimum absolute atomic E-state index is 0.0751. The van der Waals surface area contributed by atoms with Crippen LogP contribution in [0.5, 0.6) is 5.75 Å². The van der Waals surface area contributed by atoms with Crippen molar-refractivity contribution in [1.29, 1.82) is 0 Å². The van der Waals surface area contributed by atoms with Gasteiger partial charge in [-0.25, -0.2) is 13.1 Å². The molecule has 0 saturated heterocycles. The molecule has 6 heteroatoms. The number of hydrogen-bond acceptors (Lipinski definition) is 4. The van der Waals surface area contributed by atoms with Crippen LogP contribution in [0, 0.1) is 0 Å². The lowest BCUT2D eigenvalue weighted by Gasteiger charge is -2.15. The van der Waals surface area contributed by atoms with Crippen molar-refractivity contribution >= 4 is 10.0 Å². The molecule has 0 aromatic heterocycles. The third-order valence-corrected chi connectivity index (χ3v) is 4.35. The van der Waals surface area contributed by atoms with Crippen LogP contribution >= 0.6 is 0 Å². The molecule has 0 aliphatic rings. The van der Waals surface area contributed by atoms with Crippen LogP contribution in [-0.4, -0.2) is 33.9 Å². The normalized spacial score (nSPS) is 13.4. The maximum atomic E-state index is 11.9. The lowest BCUT2D eigenvalue weighted by Crippen LogP contribution is -2.35. The average Bonchev–Trinajstić information content (AvgIpc) is 2.37. The molecule has 0 aliphatic heterocycles. The molecule has 114 valence electrons. The topological polar surface area (TPSA) is 67.4 Å². The van der Waals surface area contributed by atoms with E-state index in [1.165, 1.54) is 0 Å². The molecule has 0 fully saturated rings. The molecular formula is C14H24N2O3S. The third kappa shape index (κ3) is 5.90. The Bertz CT molecular complexity index is 498. The molecule has 0 aliphatic carbocycles. The van der Waals surface area contributed by atoms with Gasteiger partial charge < -0.3 is 10.1 Å². The molecule has 0 radical (unpaired) electrons. The van der Waals surface area contributed by atoms with Crippen LogP contribution in [0.3, 0.4) is 0 Å². The number of sulfonamides is 1. The van der Waals surface area contributed by atoms with Crippen molar-refractivity contribution in [3.05, 3.63) is 29.8 Å². The number of ether oxygens (including phenoxy) is 1. The van der Waals surface area contributed by atoms with E-state index in [0.717, 1.165) is 11.3 Å². The van der Waals surface area contributed by atoms with E-state index >= 15 is 0 Å². The fourth-order valence-corrected chi connectivity index (χ4v) is 2.95. The molecule has 1 unspecified atom stereocenters. The van der Waals surface area contributed by atoms with Gasteiger partial charge >= 0.3 is 0 Å². The SMILES string of the molecule is COc1ccc(C(C)NS(=O)(=O)CCNC(C)C)cc1. The zero-order chi connectivity index (χ0) is 15.2. The summed E-state index contributed by atoms with van der Waals surface area (Å²) in [6, 6.07) is 7.38.